The smallest absolute Gasteiger partial charge is 0.336 e. The van der Waals surface area contributed by atoms with E-state index >= 15 is 0 Å². The molecule has 31 heavy (non-hydrogen) atoms. The van der Waals surface area contributed by atoms with Crippen LogP contribution in [-0.2, 0) is 20.2 Å². The molecule has 1 aromatic carbocycles. The first-order chi connectivity index (χ1) is 14.7. The van der Waals surface area contributed by atoms with Crippen molar-refractivity contribution in [3.8, 4) is 22.9 Å². The zero-order valence-corrected chi connectivity index (χ0v) is 17.4. The van der Waals surface area contributed by atoms with Crippen LogP contribution < -0.4 is 10.5 Å². The number of carbonyl (C=O) groups is 1. The van der Waals surface area contributed by atoms with Crippen LogP contribution in [0.4, 0.5) is 10.2 Å². The molecule has 3 aromatic rings. The summed E-state index contributed by atoms with van der Waals surface area (Å²) in [7, 11) is 3.29. The topological polar surface area (TPSA) is 130 Å². The number of nitrogens with two attached hydrogens (primary N) is 1. The molecule has 0 radical (unpaired) electrons. The maximum Gasteiger partial charge on any atom is 0.336 e. The number of hydrogen-bond donors (Lipinski definition) is 2. The first-order valence-electron chi connectivity index (χ1n) is 8.94. The van der Waals surface area contributed by atoms with Crippen LogP contribution >= 0.6 is 11.8 Å². The third kappa shape index (κ3) is 4.74. The Morgan fingerprint density at radius 2 is 2.19 bits per heavy atom. The number of nitriles is 1. The summed E-state index contributed by atoms with van der Waals surface area (Å²) >= 11 is 5.97. The van der Waals surface area contributed by atoms with Gasteiger partial charge in [0.2, 0.25) is 0 Å². The van der Waals surface area contributed by atoms with Gasteiger partial charge in [-0.3, -0.25) is 4.68 Å². The van der Waals surface area contributed by atoms with Gasteiger partial charge < -0.3 is 15.6 Å². The van der Waals surface area contributed by atoms with E-state index in [1.54, 1.807) is 20.2 Å². The van der Waals surface area contributed by atoms with Gasteiger partial charge in [0.05, 0.1) is 17.8 Å². The number of aryl methyl sites for hydroxylation is 1. The zero-order valence-electron chi connectivity index (χ0n) is 16.6. The number of benzene rings is 1. The lowest BCUT2D eigenvalue weighted by Crippen LogP contribution is -2.08. The molecule has 0 spiro atoms. The fraction of sp³-hybridized carbons (Fsp3) is 0.200. The van der Waals surface area contributed by atoms with Crippen LogP contribution in [0, 0.1) is 17.1 Å². The van der Waals surface area contributed by atoms with E-state index in [9.17, 15) is 19.6 Å². The number of ether oxygens (including phenoxy) is 1. The minimum absolute atomic E-state index is 0.0513. The van der Waals surface area contributed by atoms with Gasteiger partial charge in [0.25, 0.3) is 0 Å². The molecule has 0 bridgehead atoms. The predicted molar refractivity (Wildman–Crippen MR) is 111 cm³/mol. The molecule has 0 aliphatic rings. The number of halogens is 2. The Hall–Kier alpha value is -3.68. The fourth-order valence-corrected chi connectivity index (χ4v) is 3.19. The third-order valence-electron chi connectivity index (χ3n) is 4.44. The lowest BCUT2D eigenvalue weighted by atomic mass is 10.0. The summed E-state index contributed by atoms with van der Waals surface area (Å²) in [5.74, 6) is -1.60. The molecule has 0 saturated carbocycles. The first-order valence-corrected chi connectivity index (χ1v) is 9.28. The number of carboxylic acid groups (broad SMARTS) is 1. The van der Waals surface area contributed by atoms with Crippen molar-refractivity contribution in [2.45, 2.75) is 13.2 Å². The van der Waals surface area contributed by atoms with E-state index in [1.165, 1.54) is 15.3 Å². The van der Waals surface area contributed by atoms with Gasteiger partial charge in [0, 0.05) is 37.0 Å². The van der Waals surface area contributed by atoms with Gasteiger partial charge in [-0.05, 0) is 36.0 Å². The number of aromatic carboxylic acids is 1. The zero-order chi connectivity index (χ0) is 22.7. The molecular formula is C20H18ClFN6O3. The van der Waals surface area contributed by atoms with E-state index in [1.807, 2.05) is 0 Å². The van der Waals surface area contributed by atoms with E-state index < -0.39 is 11.8 Å². The molecule has 0 unspecified atom stereocenters. The third-order valence-corrected chi connectivity index (χ3v) is 4.56. The van der Waals surface area contributed by atoms with Crippen molar-refractivity contribution in [2.75, 3.05) is 12.8 Å². The molecule has 3 rings (SSSR count). The Balaban J connectivity index is 1.99. The molecule has 2 heterocycles. The summed E-state index contributed by atoms with van der Waals surface area (Å²) in [5, 5.41) is 23.2. The van der Waals surface area contributed by atoms with Crippen molar-refractivity contribution < 1.29 is 19.0 Å². The normalized spacial score (nSPS) is 10.8. The lowest BCUT2D eigenvalue weighted by molar-refractivity contribution is 0.0694. The van der Waals surface area contributed by atoms with Crippen LogP contribution in [0.1, 0.15) is 27.3 Å². The summed E-state index contributed by atoms with van der Waals surface area (Å²) in [6, 6.07) is 6.98. The second kappa shape index (κ2) is 8.99. The standard InChI is InChI=1S/C20H18ClFN6O3/c1-27(21)9-15-18(16(7-23)28(2)26-15)11-6-17(19(24)25-8-11)31-10-12-5-13(22)3-4-14(12)20(29)30/h3-6,8H,9-10H2,1-2H3,(H2,24,25)(H,29,30). The molecule has 0 fully saturated rings. The Morgan fingerprint density at radius 1 is 1.45 bits per heavy atom. The van der Waals surface area contributed by atoms with Crippen molar-refractivity contribution in [3.63, 3.8) is 0 Å². The van der Waals surface area contributed by atoms with E-state index in [4.69, 9.17) is 22.2 Å². The summed E-state index contributed by atoms with van der Waals surface area (Å²) in [5.41, 5.74) is 7.84. The van der Waals surface area contributed by atoms with E-state index in [2.05, 4.69) is 16.2 Å². The van der Waals surface area contributed by atoms with Crippen molar-refractivity contribution in [2.24, 2.45) is 7.05 Å². The second-order valence-electron chi connectivity index (χ2n) is 6.67. The molecule has 160 valence electrons. The predicted octanol–water partition coefficient (Wildman–Crippen LogP) is 2.94. The van der Waals surface area contributed by atoms with Crippen LogP contribution in [-0.4, -0.2) is 37.3 Å². The Morgan fingerprint density at radius 3 is 2.84 bits per heavy atom. The Bertz CT molecular complexity index is 1190. The minimum atomic E-state index is -1.21. The molecule has 0 aliphatic heterocycles. The number of carboxylic acids is 1. The minimum Gasteiger partial charge on any atom is -0.485 e. The molecule has 0 atom stereocenters. The number of hydrogen-bond acceptors (Lipinski definition) is 7. The van der Waals surface area contributed by atoms with E-state index in [0.717, 1.165) is 18.2 Å². The number of aromatic nitrogens is 3. The van der Waals surface area contributed by atoms with E-state index in [0.29, 0.717) is 22.5 Å². The van der Waals surface area contributed by atoms with Gasteiger partial charge in [-0.25, -0.2) is 18.6 Å². The number of pyridine rings is 1. The van der Waals surface area contributed by atoms with Gasteiger partial charge in [-0.15, -0.1) is 0 Å². The SMILES string of the molecule is CN(Cl)Cc1nn(C)c(C#N)c1-c1cnc(N)c(OCc2cc(F)ccc2C(=O)O)c1. The second-order valence-corrected chi connectivity index (χ2v) is 7.25. The summed E-state index contributed by atoms with van der Waals surface area (Å²) in [6.45, 7) is 0.0163. The highest BCUT2D eigenvalue weighted by Crippen LogP contribution is 2.32. The summed E-state index contributed by atoms with van der Waals surface area (Å²) < 4.78 is 22.1. The van der Waals surface area contributed by atoms with Crippen molar-refractivity contribution in [1.82, 2.24) is 19.2 Å². The fourth-order valence-electron chi connectivity index (χ4n) is 3.08. The van der Waals surface area contributed by atoms with Crippen LogP contribution in [0.25, 0.3) is 11.1 Å². The molecule has 11 heteroatoms. The maximum atomic E-state index is 13.6. The summed E-state index contributed by atoms with van der Waals surface area (Å²) in [6.07, 6.45) is 1.47. The maximum absolute atomic E-state index is 13.6. The number of rotatable bonds is 7. The molecule has 2 aromatic heterocycles. The van der Waals surface area contributed by atoms with Crippen LogP contribution in [0.15, 0.2) is 30.5 Å². The highest BCUT2D eigenvalue weighted by atomic mass is 35.5. The molecule has 9 nitrogen and oxygen atoms in total. The first kappa shape index (κ1) is 22.0. The average molecular weight is 445 g/mol. The largest absolute Gasteiger partial charge is 0.485 e. The molecule has 0 aliphatic carbocycles. The molecule has 0 amide bonds. The molecule has 0 saturated heterocycles. The molecule has 3 N–H and O–H groups in total. The summed E-state index contributed by atoms with van der Waals surface area (Å²) in [4.78, 5) is 15.5. The Kier molecular flexibility index (Phi) is 6.39. The number of nitrogen functional groups attached to an aromatic ring is 1. The quantitative estimate of drug-likeness (QED) is 0.532. The highest BCUT2D eigenvalue weighted by Gasteiger charge is 2.21. The average Bonchev–Trinajstić information content (AvgIpc) is 3.01. The van der Waals surface area contributed by atoms with Gasteiger partial charge in [-0.2, -0.15) is 10.4 Å². The van der Waals surface area contributed by atoms with Crippen molar-refractivity contribution >= 4 is 23.6 Å². The van der Waals surface area contributed by atoms with Crippen LogP contribution in [0.2, 0.25) is 0 Å². The van der Waals surface area contributed by atoms with Crippen molar-refractivity contribution in [3.05, 3.63) is 58.8 Å². The van der Waals surface area contributed by atoms with Crippen LogP contribution in [0.3, 0.4) is 0 Å². The molecular weight excluding hydrogens is 427 g/mol. The van der Waals surface area contributed by atoms with E-state index in [-0.39, 0.29) is 35.8 Å². The highest BCUT2D eigenvalue weighted by molar-refractivity contribution is 6.13. The lowest BCUT2D eigenvalue weighted by Gasteiger charge is -2.12. The van der Waals surface area contributed by atoms with Gasteiger partial charge in [-0.1, -0.05) is 0 Å². The van der Waals surface area contributed by atoms with Gasteiger partial charge in [0.15, 0.2) is 11.6 Å². The monoisotopic (exact) mass is 444 g/mol. The number of nitrogens with zero attached hydrogens (tertiary/aromatic N) is 5. The van der Waals surface area contributed by atoms with Gasteiger partial charge >= 0.3 is 5.97 Å². The van der Waals surface area contributed by atoms with Gasteiger partial charge in [0.1, 0.15) is 24.2 Å². The van der Waals surface area contributed by atoms with Crippen LogP contribution in [0.5, 0.6) is 5.75 Å². The van der Waals surface area contributed by atoms with Crippen molar-refractivity contribution in [1.29, 1.82) is 5.26 Å². The Labute approximate surface area is 182 Å². The number of anilines is 1.